The fourth-order valence-corrected chi connectivity index (χ4v) is 1.76. The molecule has 0 aliphatic carbocycles. The molecule has 1 atom stereocenters. The Morgan fingerprint density at radius 1 is 1.29 bits per heavy atom. The van der Waals surface area contributed by atoms with Crippen molar-refractivity contribution in [3.05, 3.63) is 35.9 Å². The highest BCUT2D eigenvalue weighted by molar-refractivity contribution is 5.75. The van der Waals surface area contributed by atoms with Gasteiger partial charge in [0.05, 0.1) is 7.11 Å². The third-order valence-electron chi connectivity index (χ3n) is 2.96. The van der Waals surface area contributed by atoms with Crippen LogP contribution in [0.1, 0.15) is 25.3 Å². The fraction of sp³-hybridized carbons (Fsp3) is 0.467. The van der Waals surface area contributed by atoms with Crippen LogP contribution in [-0.4, -0.2) is 36.6 Å². The molecule has 1 aromatic carbocycles. The second-order valence-electron chi connectivity index (χ2n) is 4.65. The normalized spacial score (nSPS) is 11.8. The molecule has 6 nitrogen and oxygen atoms in total. The van der Waals surface area contributed by atoms with Crippen molar-refractivity contribution >= 4 is 11.9 Å². The molecule has 0 aliphatic heterocycles. The lowest BCUT2D eigenvalue weighted by atomic mass is 10.2. The van der Waals surface area contributed by atoms with E-state index in [4.69, 9.17) is 10.6 Å². The summed E-state index contributed by atoms with van der Waals surface area (Å²) in [4.78, 5) is 28.2. The zero-order valence-electron chi connectivity index (χ0n) is 12.5. The Labute approximate surface area is 124 Å². The van der Waals surface area contributed by atoms with Gasteiger partial charge < -0.3 is 10.5 Å². The lowest BCUT2D eigenvalue weighted by Crippen LogP contribution is -2.34. The molecule has 0 spiro atoms. The summed E-state index contributed by atoms with van der Waals surface area (Å²) in [5.41, 5.74) is 6.62. The lowest BCUT2D eigenvalue weighted by molar-refractivity contribution is -0.189. The fourth-order valence-electron chi connectivity index (χ4n) is 1.76. The van der Waals surface area contributed by atoms with Gasteiger partial charge in [0.25, 0.3) is 0 Å². The van der Waals surface area contributed by atoms with E-state index in [-0.39, 0.29) is 5.91 Å². The van der Waals surface area contributed by atoms with Crippen molar-refractivity contribution in [2.45, 2.75) is 32.4 Å². The topological polar surface area (TPSA) is 81.9 Å². The van der Waals surface area contributed by atoms with E-state index in [1.54, 1.807) is 0 Å². The van der Waals surface area contributed by atoms with Gasteiger partial charge in [-0.25, -0.2) is 5.06 Å². The van der Waals surface area contributed by atoms with Crippen LogP contribution >= 0.6 is 0 Å². The van der Waals surface area contributed by atoms with E-state index >= 15 is 0 Å². The van der Waals surface area contributed by atoms with Crippen LogP contribution in [0.4, 0.5) is 0 Å². The van der Waals surface area contributed by atoms with Crippen LogP contribution in [0.3, 0.4) is 0 Å². The number of esters is 1. The molecule has 0 radical (unpaired) electrons. The lowest BCUT2D eigenvalue weighted by Gasteiger charge is -2.21. The van der Waals surface area contributed by atoms with Crippen LogP contribution in [-0.2, 0) is 25.8 Å². The van der Waals surface area contributed by atoms with Crippen molar-refractivity contribution in [3.63, 3.8) is 0 Å². The van der Waals surface area contributed by atoms with Crippen molar-refractivity contribution in [1.29, 1.82) is 0 Å². The average Bonchev–Trinajstić information content (AvgIpc) is 2.50. The molecular formula is C15H22N2O4. The van der Waals surface area contributed by atoms with Crippen molar-refractivity contribution in [3.8, 4) is 0 Å². The summed E-state index contributed by atoms with van der Waals surface area (Å²) in [6.45, 7) is 2.14. The van der Waals surface area contributed by atoms with E-state index in [1.807, 2.05) is 30.3 Å². The summed E-state index contributed by atoms with van der Waals surface area (Å²) in [5, 5.41) is 1.29. The molecule has 0 unspecified atom stereocenters. The maximum atomic E-state index is 11.5. The zero-order valence-corrected chi connectivity index (χ0v) is 12.5. The Kier molecular flexibility index (Phi) is 7.42. The predicted molar refractivity (Wildman–Crippen MR) is 77.8 cm³/mol. The molecule has 1 amide bonds. The molecule has 2 N–H and O–H groups in total. The largest absolute Gasteiger partial charge is 0.468 e. The van der Waals surface area contributed by atoms with Crippen LogP contribution in [0, 0.1) is 0 Å². The van der Waals surface area contributed by atoms with Crippen LogP contribution in [0.5, 0.6) is 0 Å². The molecule has 6 heteroatoms. The molecule has 21 heavy (non-hydrogen) atoms. The highest BCUT2D eigenvalue weighted by Gasteiger charge is 2.15. The quantitative estimate of drug-likeness (QED) is 0.576. The van der Waals surface area contributed by atoms with Crippen LogP contribution < -0.4 is 5.73 Å². The Balaban J connectivity index is 2.37. The Morgan fingerprint density at radius 2 is 1.95 bits per heavy atom. The second kappa shape index (κ2) is 9.10. The number of amides is 1. The van der Waals surface area contributed by atoms with Gasteiger partial charge in [0, 0.05) is 13.5 Å². The number of hydroxylamine groups is 2. The number of nitrogens with zero attached hydrogens (tertiary/aromatic N) is 1. The Bertz CT molecular complexity index is 450. The Morgan fingerprint density at radius 3 is 2.52 bits per heavy atom. The minimum atomic E-state index is -0.669. The van der Waals surface area contributed by atoms with Gasteiger partial charge in [-0.3, -0.25) is 14.4 Å². The predicted octanol–water partition coefficient (Wildman–Crippen LogP) is 1.25. The number of benzene rings is 1. The minimum Gasteiger partial charge on any atom is -0.468 e. The van der Waals surface area contributed by atoms with E-state index in [9.17, 15) is 9.59 Å². The SMILES string of the molecule is COC(=O)[C@@H](N)CCCN(OCc1ccccc1)C(C)=O. The van der Waals surface area contributed by atoms with Gasteiger partial charge in [-0.15, -0.1) is 0 Å². The molecule has 0 fully saturated rings. The number of nitrogens with two attached hydrogens (primary N) is 1. The van der Waals surface area contributed by atoms with Gasteiger partial charge in [0.1, 0.15) is 12.6 Å². The van der Waals surface area contributed by atoms with Gasteiger partial charge in [-0.1, -0.05) is 30.3 Å². The molecule has 0 heterocycles. The first-order valence-corrected chi connectivity index (χ1v) is 6.83. The van der Waals surface area contributed by atoms with Crippen LogP contribution in [0.15, 0.2) is 30.3 Å². The zero-order chi connectivity index (χ0) is 15.7. The average molecular weight is 294 g/mol. The first kappa shape index (κ1) is 17.1. The van der Waals surface area contributed by atoms with E-state index < -0.39 is 12.0 Å². The number of hydrogen-bond donors (Lipinski definition) is 1. The monoisotopic (exact) mass is 294 g/mol. The number of hydrogen-bond acceptors (Lipinski definition) is 5. The van der Waals surface area contributed by atoms with Crippen LogP contribution in [0.2, 0.25) is 0 Å². The summed E-state index contributed by atoms with van der Waals surface area (Å²) < 4.78 is 4.55. The maximum absolute atomic E-state index is 11.5. The first-order valence-electron chi connectivity index (χ1n) is 6.83. The van der Waals surface area contributed by atoms with Gasteiger partial charge in [-0.05, 0) is 18.4 Å². The summed E-state index contributed by atoms with van der Waals surface area (Å²) in [7, 11) is 1.30. The van der Waals surface area contributed by atoms with Gasteiger partial charge in [0.2, 0.25) is 5.91 Å². The molecule has 0 aliphatic rings. The number of rotatable bonds is 8. The van der Waals surface area contributed by atoms with Gasteiger partial charge in [0.15, 0.2) is 0 Å². The summed E-state index contributed by atoms with van der Waals surface area (Å²) >= 11 is 0. The molecule has 0 bridgehead atoms. The van der Waals surface area contributed by atoms with Crippen molar-refractivity contribution < 1.29 is 19.2 Å². The number of methoxy groups -OCH3 is 1. The molecular weight excluding hydrogens is 272 g/mol. The molecule has 0 saturated heterocycles. The smallest absolute Gasteiger partial charge is 0.322 e. The summed E-state index contributed by atoms with van der Waals surface area (Å²) in [5.74, 6) is -0.632. The van der Waals surface area contributed by atoms with Crippen molar-refractivity contribution in [1.82, 2.24) is 5.06 Å². The molecule has 116 valence electrons. The highest BCUT2D eigenvalue weighted by atomic mass is 16.7. The molecule has 1 aromatic rings. The van der Waals surface area contributed by atoms with Gasteiger partial charge >= 0.3 is 5.97 Å². The number of carbonyl (C=O) groups excluding carboxylic acids is 2. The standard InChI is InChI=1S/C15H22N2O4/c1-12(18)17(10-6-9-14(16)15(19)20-2)21-11-13-7-4-3-5-8-13/h3-5,7-8,14H,6,9-11,16H2,1-2H3/t14-/m0/s1. The third-order valence-corrected chi connectivity index (χ3v) is 2.96. The Hall–Kier alpha value is -1.92. The van der Waals surface area contributed by atoms with E-state index in [0.717, 1.165) is 5.56 Å². The highest BCUT2D eigenvalue weighted by Crippen LogP contribution is 2.06. The second-order valence-corrected chi connectivity index (χ2v) is 4.65. The molecule has 0 saturated carbocycles. The van der Waals surface area contributed by atoms with E-state index in [2.05, 4.69) is 4.74 Å². The molecule has 0 aromatic heterocycles. The molecule has 1 rings (SSSR count). The maximum Gasteiger partial charge on any atom is 0.322 e. The summed E-state index contributed by atoms with van der Waals surface area (Å²) in [6, 6.07) is 8.91. The van der Waals surface area contributed by atoms with E-state index in [0.29, 0.717) is 26.0 Å². The van der Waals surface area contributed by atoms with Crippen molar-refractivity contribution in [2.75, 3.05) is 13.7 Å². The minimum absolute atomic E-state index is 0.183. The van der Waals surface area contributed by atoms with Crippen LogP contribution in [0.25, 0.3) is 0 Å². The van der Waals surface area contributed by atoms with Crippen molar-refractivity contribution in [2.24, 2.45) is 5.73 Å². The number of ether oxygens (including phenoxy) is 1. The first-order chi connectivity index (χ1) is 10.0. The van der Waals surface area contributed by atoms with E-state index in [1.165, 1.54) is 19.1 Å². The summed E-state index contributed by atoms with van der Waals surface area (Å²) in [6.07, 6.45) is 0.996. The van der Waals surface area contributed by atoms with Gasteiger partial charge in [-0.2, -0.15) is 0 Å². The number of carbonyl (C=O) groups is 2. The third kappa shape index (κ3) is 6.37.